The summed E-state index contributed by atoms with van der Waals surface area (Å²) in [6.07, 6.45) is 1.19. The first kappa shape index (κ1) is 14.6. The highest BCUT2D eigenvalue weighted by molar-refractivity contribution is 9.10. The zero-order valence-corrected chi connectivity index (χ0v) is 14.0. The van der Waals surface area contributed by atoms with Crippen LogP contribution in [-0.2, 0) is 31.2 Å². The van der Waals surface area contributed by atoms with Gasteiger partial charge in [-0.15, -0.1) is 0 Å². The molecule has 0 fully saturated rings. The highest BCUT2D eigenvalue weighted by Gasteiger charge is 2.25. The number of carbonyl (C=O) groups excluding carboxylic acids is 1. The molecule has 0 unspecified atom stereocenters. The molecular formula is C15H15BrClN3O. The maximum Gasteiger partial charge on any atom is 0.227 e. The number of amides is 1. The minimum absolute atomic E-state index is 0.139. The predicted octanol–water partition coefficient (Wildman–Crippen LogP) is 2.96. The third-order valence-corrected chi connectivity index (χ3v) is 4.69. The van der Waals surface area contributed by atoms with Crippen molar-refractivity contribution in [2.75, 3.05) is 6.54 Å². The van der Waals surface area contributed by atoms with Gasteiger partial charge in [0.25, 0.3) is 0 Å². The van der Waals surface area contributed by atoms with Gasteiger partial charge in [-0.25, -0.2) is 4.98 Å². The second-order valence-corrected chi connectivity index (χ2v) is 6.46. The summed E-state index contributed by atoms with van der Waals surface area (Å²) in [7, 11) is 1.89. The number of hydrogen-bond donors (Lipinski definition) is 0. The van der Waals surface area contributed by atoms with Crippen molar-refractivity contribution < 1.29 is 4.79 Å². The molecule has 2 aromatic rings. The van der Waals surface area contributed by atoms with Gasteiger partial charge in [-0.3, -0.25) is 4.79 Å². The fourth-order valence-corrected chi connectivity index (χ4v) is 3.02. The van der Waals surface area contributed by atoms with E-state index in [4.69, 9.17) is 11.6 Å². The van der Waals surface area contributed by atoms with Gasteiger partial charge >= 0.3 is 0 Å². The summed E-state index contributed by atoms with van der Waals surface area (Å²) in [4.78, 5) is 18.6. The third kappa shape index (κ3) is 2.99. The van der Waals surface area contributed by atoms with Crippen LogP contribution in [0, 0.1) is 0 Å². The van der Waals surface area contributed by atoms with Crippen LogP contribution in [-0.4, -0.2) is 26.9 Å². The molecule has 0 aliphatic carbocycles. The van der Waals surface area contributed by atoms with Crippen LogP contribution in [0.25, 0.3) is 0 Å². The lowest BCUT2D eigenvalue weighted by Crippen LogP contribution is -2.37. The average molecular weight is 369 g/mol. The highest BCUT2D eigenvalue weighted by Crippen LogP contribution is 2.22. The summed E-state index contributed by atoms with van der Waals surface area (Å²) >= 11 is 9.43. The maximum atomic E-state index is 12.4. The minimum atomic E-state index is 0.139. The number of fused-ring (bicyclic) bond motifs is 1. The molecule has 21 heavy (non-hydrogen) atoms. The minimum Gasteiger partial charge on any atom is -0.336 e. The van der Waals surface area contributed by atoms with Crippen molar-refractivity contribution in [3.05, 3.63) is 51.0 Å². The number of benzene rings is 1. The van der Waals surface area contributed by atoms with E-state index >= 15 is 0 Å². The molecule has 0 saturated heterocycles. The fraction of sp³-hybridized carbons (Fsp3) is 0.333. The Hall–Kier alpha value is -1.33. The van der Waals surface area contributed by atoms with E-state index in [0.717, 1.165) is 27.8 Å². The normalized spacial score (nSPS) is 14.1. The van der Waals surface area contributed by atoms with Crippen molar-refractivity contribution in [2.24, 2.45) is 7.05 Å². The lowest BCUT2D eigenvalue weighted by atomic mass is 10.1. The van der Waals surface area contributed by atoms with Crippen LogP contribution in [0.3, 0.4) is 0 Å². The van der Waals surface area contributed by atoms with Crippen LogP contribution in [0.4, 0.5) is 0 Å². The molecule has 6 heteroatoms. The summed E-state index contributed by atoms with van der Waals surface area (Å²) in [5, 5.41) is 0.488. The first-order valence-electron chi connectivity index (χ1n) is 6.77. The molecule has 0 spiro atoms. The number of hydrogen-bond acceptors (Lipinski definition) is 2. The quantitative estimate of drug-likeness (QED) is 0.817. The summed E-state index contributed by atoms with van der Waals surface area (Å²) in [5.74, 6) is 0.139. The van der Waals surface area contributed by atoms with Crippen LogP contribution in [0.2, 0.25) is 5.28 Å². The Bertz CT molecular complexity index is 681. The van der Waals surface area contributed by atoms with Gasteiger partial charge in [0.1, 0.15) is 0 Å². The number of carbonyl (C=O) groups is 1. The van der Waals surface area contributed by atoms with Crippen molar-refractivity contribution in [1.82, 2.24) is 14.5 Å². The highest BCUT2D eigenvalue weighted by atomic mass is 79.9. The van der Waals surface area contributed by atoms with E-state index in [-0.39, 0.29) is 5.91 Å². The molecule has 110 valence electrons. The van der Waals surface area contributed by atoms with Gasteiger partial charge in [-0.1, -0.05) is 28.1 Å². The Morgan fingerprint density at radius 1 is 1.38 bits per heavy atom. The van der Waals surface area contributed by atoms with Crippen molar-refractivity contribution in [3.8, 4) is 0 Å². The molecule has 0 N–H and O–H groups in total. The lowest BCUT2D eigenvalue weighted by Gasteiger charge is -2.27. The first-order valence-corrected chi connectivity index (χ1v) is 7.94. The zero-order chi connectivity index (χ0) is 15.0. The molecular weight excluding hydrogens is 354 g/mol. The molecule has 1 amide bonds. The largest absolute Gasteiger partial charge is 0.336 e. The van der Waals surface area contributed by atoms with Gasteiger partial charge in [0.15, 0.2) is 0 Å². The molecule has 0 bridgehead atoms. The smallest absolute Gasteiger partial charge is 0.227 e. The molecule has 1 aliphatic heterocycles. The van der Waals surface area contributed by atoms with E-state index in [1.54, 1.807) is 0 Å². The van der Waals surface area contributed by atoms with Crippen molar-refractivity contribution >= 4 is 33.4 Å². The SMILES string of the molecule is Cn1c(Cl)nc2c1CN(C(=O)Cc1ccc(Br)cc1)CC2. The van der Waals surface area contributed by atoms with Crippen molar-refractivity contribution in [2.45, 2.75) is 19.4 Å². The Balaban J connectivity index is 1.72. The average Bonchev–Trinajstić information content (AvgIpc) is 2.76. The topological polar surface area (TPSA) is 38.1 Å². The molecule has 4 nitrogen and oxygen atoms in total. The molecule has 3 rings (SSSR count). The summed E-state index contributed by atoms with van der Waals surface area (Å²) in [6.45, 7) is 1.29. The van der Waals surface area contributed by atoms with Gasteiger partial charge in [-0.2, -0.15) is 0 Å². The van der Waals surface area contributed by atoms with E-state index < -0.39 is 0 Å². The molecule has 0 radical (unpaired) electrons. The lowest BCUT2D eigenvalue weighted by molar-refractivity contribution is -0.131. The third-order valence-electron chi connectivity index (χ3n) is 3.82. The van der Waals surface area contributed by atoms with E-state index in [2.05, 4.69) is 20.9 Å². The number of halogens is 2. The molecule has 1 aliphatic rings. The predicted molar refractivity (Wildman–Crippen MR) is 85.2 cm³/mol. The molecule has 0 atom stereocenters. The standard InChI is InChI=1S/C15H15BrClN3O/c1-19-13-9-20(7-6-12(13)18-15(19)17)14(21)8-10-2-4-11(16)5-3-10/h2-5H,6-9H2,1H3. The number of aromatic nitrogens is 2. The van der Waals surface area contributed by atoms with Crippen LogP contribution in [0.5, 0.6) is 0 Å². The Morgan fingerprint density at radius 3 is 2.81 bits per heavy atom. The Labute approximate surface area is 136 Å². The maximum absolute atomic E-state index is 12.4. The summed E-state index contributed by atoms with van der Waals surface area (Å²) in [6, 6.07) is 7.85. The Morgan fingerprint density at radius 2 is 2.10 bits per heavy atom. The van der Waals surface area contributed by atoms with Gasteiger partial charge in [0.2, 0.25) is 11.2 Å². The van der Waals surface area contributed by atoms with Crippen LogP contribution >= 0.6 is 27.5 Å². The first-order chi connectivity index (χ1) is 10.0. The molecule has 2 heterocycles. The van der Waals surface area contributed by atoms with E-state index in [9.17, 15) is 4.79 Å². The van der Waals surface area contributed by atoms with Gasteiger partial charge in [-0.05, 0) is 29.3 Å². The van der Waals surface area contributed by atoms with Gasteiger partial charge in [0, 0.05) is 24.5 Å². The number of rotatable bonds is 2. The molecule has 1 aromatic heterocycles. The molecule has 0 saturated carbocycles. The zero-order valence-electron chi connectivity index (χ0n) is 11.6. The monoisotopic (exact) mass is 367 g/mol. The fourth-order valence-electron chi connectivity index (χ4n) is 2.56. The van der Waals surface area contributed by atoms with E-state index in [1.807, 2.05) is 40.8 Å². The number of imidazole rings is 1. The van der Waals surface area contributed by atoms with Crippen LogP contribution in [0.1, 0.15) is 17.0 Å². The number of nitrogens with zero attached hydrogens (tertiary/aromatic N) is 3. The van der Waals surface area contributed by atoms with Gasteiger partial charge in [0.05, 0.1) is 24.4 Å². The van der Waals surface area contributed by atoms with Gasteiger partial charge < -0.3 is 9.47 Å². The van der Waals surface area contributed by atoms with E-state index in [1.165, 1.54) is 0 Å². The summed E-state index contributed by atoms with van der Waals surface area (Å²) in [5.41, 5.74) is 3.07. The van der Waals surface area contributed by atoms with Crippen molar-refractivity contribution in [1.29, 1.82) is 0 Å². The van der Waals surface area contributed by atoms with Crippen LogP contribution < -0.4 is 0 Å². The van der Waals surface area contributed by atoms with E-state index in [0.29, 0.717) is 24.8 Å². The second-order valence-electron chi connectivity index (χ2n) is 5.20. The molecule has 1 aromatic carbocycles. The second kappa shape index (κ2) is 5.81. The van der Waals surface area contributed by atoms with Crippen LogP contribution in [0.15, 0.2) is 28.7 Å². The summed E-state index contributed by atoms with van der Waals surface area (Å²) < 4.78 is 2.88. The van der Waals surface area contributed by atoms with Crippen molar-refractivity contribution in [3.63, 3.8) is 0 Å². The Kier molecular flexibility index (Phi) is 4.04.